The summed E-state index contributed by atoms with van der Waals surface area (Å²) in [5.74, 6) is 0.0925. The Bertz CT molecular complexity index is 1020. The molecule has 3 atom stereocenters. The number of non-ortho nitro benzene ring substituents is 1. The lowest BCUT2D eigenvalue weighted by Gasteiger charge is -2.39. The number of aromatic nitrogens is 2. The summed E-state index contributed by atoms with van der Waals surface area (Å²) >= 11 is 0. The number of benzene rings is 1. The Morgan fingerprint density at radius 1 is 1.19 bits per heavy atom. The van der Waals surface area contributed by atoms with Gasteiger partial charge in [0, 0.05) is 36.5 Å². The minimum atomic E-state index is -0.788. The molecule has 0 amide bonds. The van der Waals surface area contributed by atoms with Gasteiger partial charge in [-0.1, -0.05) is 0 Å². The summed E-state index contributed by atoms with van der Waals surface area (Å²) in [6.07, 6.45) is -0.804. The predicted molar refractivity (Wildman–Crippen MR) is 95.5 cm³/mol. The van der Waals surface area contributed by atoms with Crippen molar-refractivity contribution in [1.82, 2.24) is 9.97 Å². The van der Waals surface area contributed by atoms with E-state index in [-0.39, 0.29) is 29.3 Å². The molecular weight excluding hydrogens is 356 g/mol. The molecule has 1 saturated heterocycles. The van der Waals surface area contributed by atoms with E-state index >= 15 is 0 Å². The van der Waals surface area contributed by atoms with E-state index in [1.807, 2.05) is 13.8 Å². The highest BCUT2D eigenvalue weighted by atomic mass is 16.6. The van der Waals surface area contributed by atoms with Crippen molar-refractivity contribution in [2.75, 3.05) is 18.0 Å². The first kappa shape index (κ1) is 17.3. The smallest absolute Gasteiger partial charge is 0.328 e. The first-order valence-electron chi connectivity index (χ1n) is 8.55. The first-order valence-corrected chi connectivity index (χ1v) is 8.55. The standard InChI is InChI=1S/C17H18N4O6/c1-8-6-20(7-9(2)26-8)12-4-3-10(21(24)25)5-11(12)14-13-15(22)18-17(23)19-16(13)27-14/h3-5,8-9,14H,6-7H2,1-2H3,(H2,18,19,22,23)/t8-,9-,14-/m1/s1. The van der Waals surface area contributed by atoms with Gasteiger partial charge in [0.2, 0.25) is 5.88 Å². The maximum atomic E-state index is 12.2. The second-order valence-corrected chi connectivity index (χ2v) is 6.81. The summed E-state index contributed by atoms with van der Waals surface area (Å²) in [5.41, 5.74) is 0.185. The fraction of sp³-hybridized carbons (Fsp3) is 0.412. The van der Waals surface area contributed by atoms with Crippen LogP contribution in [-0.4, -0.2) is 40.2 Å². The number of nitro benzene ring substituents is 1. The maximum absolute atomic E-state index is 12.2. The Hall–Kier alpha value is -3.14. The molecule has 142 valence electrons. The number of nitro groups is 1. The molecule has 0 aliphatic carbocycles. The average Bonchev–Trinajstić information content (AvgIpc) is 2.55. The van der Waals surface area contributed by atoms with Crippen molar-refractivity contribution < 1.29 is 14.4 Å². The zero-order valence-corrected chi connectivity index (χ0v) is 14.7. The van der Waals surface area contributed by atoms with Crippen molar-refractivity contribution in [1.29, 1.82) is 0 Å². The normalized spacial score (nSPS) is 23.9. The number of nitrogens with one attached hydrogen (secondary N) is 2. The van der Waals surface area contributed by atoms with Crippen LogP contribution >= 0.6 is 0 Å². The quantitative estimate of drug-likeness (QED) is 0.607. The Labute approximate surface area is 152 Å². The van der Waals surface area contributed by atoms with E-state index in [1.165, 1.54) is 12.1 Å². The minimum Gasteiger partial charge on any atom is -0.465 e. The molecule has 0 spiro atoms. The largest absolute Gasteiger partial charge is 0.465 e. The number of anilines is 1. The van der Waals surface area contributed by atoms with Crippen LogP contribution in [0, 0.1) is 10.1 Å². The Kier molecular flexibility index (Phi) is 3.99. The lowest BCUT2D eigenvalue weighted by atomic mass is 9.96. The molecule has 2 N–H and O–H groups in total. The summed E-state index contributed by atoms with van der Waals surface area (Å²) < 4.78 is 11.3. The molecular formula is C17H18N4O6. The highest BCUT2D eigenvalue weighted by molar-refractivity contribution is 5.62. The fourth-order valence-electron chi connectivity index (χ4n) is 3.67. The van der Waals surface area contributed by atoms with Crippen molar-refractivity contribution in [2.24, 2.45) is 0 Å². The van der Waals surface area contributed by atoms with Gasteiger partial charge in [0.25, 0.3) is 11.2 Å². The molecule has 2 aliphatic heterocycles. The number of ether oxygens (including phenoxy) is 2. The van der Waals surface area contributed by atoms with Gasteiger partial charge >= 0.3 is 5.69 Å². The van der Waals surface area contributed by atoms with Crippen molar-refractivity contribution >= 4 is 11.4 Å². The number of nitrogens with zero attached hydrogens (tertiary/aromatic N) is 2. The predicted octanol–water partition coefficient (Wildman–Crippen LogP) is 1.07. The number of rotatable bonds is 3. The van der Waals surface area contributed by atoms with Gasteiger partial charge < -0.3 is 14.4 Å². The third-order valence-electron chi connectivity index (χ3n) is 4.71. The molecule has 3 heterocycles. The van der Waals surface area contributed by atoms with Gasteiger partial charge in [0.1, 0.15) is 5.56 Å². The summed E-state index contributed by atoms with van der Waals surface area (Å²) in [5, 5.41) is 11.2. The summed E-state index contributed by atoms with van der Waals surface area (Å²) in [4.78, 5) is 41.0. The third-order valence-corrected chi connectivity index (χ3v) is 4.71. The first-order chi connectivity index (χ1) is 12.8. The Balaban J connectivity index is 1.81. The lowest BCUT2D eigenvalue weighted by molar-refractivity contribution is -0.384. The zero-order valence-electron chi connectivity index (χ0n) is 14.7. The molecule has 10 nitrogen and oxygen atoms in total. The summed E-state index contributed by atoms with van der Waals surface area (Å²) in [7, 11) is 0. The molecule has 1 aromatic carbocycles. The molecule has 1 aromatic heterocycles. The summed E-state index contributed by atoms with van der Waals surface area (Å²) in [6.45, 7) is 5.13. The monoisotopic (exact) mass is 374 g/mol. The molecule has 0 saturated carbocycles. The molecule has 2 aliphatic rings. The van der Waals surface area contributed by atoms with Gasteiger partial charge in [-0.25, -0.2) is 4.79 Å². The molecule has 2 aromatic rings. The SMILES string of the molecule is C[C@@H]1CN(c2ccc([N+](=O)[O-])cc2[C@H]2Oc3[nH]c(=O)[nH]c(=O)c32)C[C@@H](C)O1. The van der Waals surface area contributed by atoms with Gasteiger partial charge in [-0.3, -0.25) is 24.9 Å². The molecule has 1 fully saturated rings. The van der Waals surface area contributed by atoms with E-state index in [1.54, 1.807) is 6.07 Å². The maximum Gasteiger partial charge on any atom is 0.328 e. The van der Waals surface area contributed by atoms with Crippen LogP contribution in [0.1, 0.15) is 31.1 Å². The van der Waals surface area contributed by atoms with Gasteiger partial charge in [-0.15, -0.1) is 0 Å². The average molecular weight is 374 g/mol. The zero-order chi connectivity index (χ0) is 19.3. The van der Waals surface area contributed by atoms with Crippen LogP contribution in [0.3, 0.4) is 0 Å². The van der Waals surface area contributed by atoms with E-state index < -0.39 is 22.3 Å². The molecule has 27 heavy (non-hydrogen) atoms. The minimum absolute atomic E-state index is 0.00820. The number of fused-ring (bicyclic) bond motifs is 1. The third kappa shape index (κ3) is 2.97. The van der Waals surface area contributed by atoms with Crippen LogP contribution < -0.4 is 20.9 Å². The molecule has 10 heteroatoms. The number of aromatic amines is 2. The molecule has 0 unspecified atom stereocenters. The molecule has 4 rings (SSSR count). The van der Waals surface area contributed by atoms with E-state index in [0.29, 0.717) is 18.7 Å². The topological polar surface area (TPSA) is 131 Å². The van der Waals surface area contributed by atoms with Crippen molar-refractivity contribution in [2.45, 2.75) is 32.2 Å². The van der Waals surface area contributed by atoms with E-state index in [0.717, 1.165) is 5.69 Å². The van der Waals surface area contributed by atoms with Crippen LogP contribution in [0.2, 0.25) is 0 Å². The van der Waals surface area contributed by atoms with Gasteiger partial charge in [0.05, 0.1) is 17.1 Å². The number of morpholine rings is 1. The number of H-pyrrole nitrogens is 2. The van der Waals surface area contributed by atoms with Crippen molar-refractivity contribution in [3.8, 4) is 5.88 Å². The van der Waals surface area contributed by atoms with Crippen LogP contribution in [0.15, 0.2) is 27.8 Å². The van der Waals surface area contributed by atoms with Gasteiger partial charge in [-0.05, 0) is 19.9 Å². The van der Waals surface area contributed by atoms with E-state index in [4.69, 9.17) is 9.47 Å². The van der Waals surface area contributed by atoms with Crippen LogP contribution in [0.4, 0.5) is 11.4 Å². The fourth-order valence-corrected chi connectivity index (χ4v) is 3.67. The Morgan fingerprint density at radius 2 is 1.89 bits per heavy atom. The summed E-state index contributed by atoms with van der Waals surface area (Å²) in [6, 6.07) is 4.51. The number of hydrogen-bond acceptors (Lipinski definition) is 7. The highest BCUT2D eigenvalue weighted by Gasteiger charge is 2.38. The van der Waals surface area contributed by atoms with Gasteiger partial charge in [0.15, 0.2) is 6.10 Å². The van der Waals surface area contributed by atoms with Crippen LogP contribution in [-0.2, 0) is 4.74 Å². The van der Waals surface area contributed by atoms with E-state index in [9.17, 15) is 19.7 Å². The van der Waals surface area contributed by atoms with Crippen LogP contribution in [0.5, 0.6) is 5.88 Å². The Morgan fingerprint density at radius 3 is 2.52 bits per heavy atom. The second kappa shape index (κ2) is 6.23. The van der Waals surface area contributed by atoms with Crippen molar-refractivity contribution in [3.05, 3.63) is 60.3 Å². The van der Waals surface area contributed by atoms with E-state index in [2.05, 4.69) is 14.9 Å². The van der Waals surface area contributed by atoms with Crippen molar-refractivity contribution in [3.63, 3.8) is 0 Å². The lowest BCUT2D eigenvalue weighted by Crippen LogP contribution is -2.46. The second-order valence-electron chi connectivity index (χ2n) is 6.81. The van der Waals surface area contributed by atoms with Crippen LogP contribution in [0.25, 0.3) is 0 Å². The highest BCUT2D eigenvalue weighted by Crippen LogP contribution is 2.43. The number of hydrogen-bond donors (Lipinski definition) is 2. The molecule has 0 bridgehead atoms. The molecule has 0 radical (unpaired) electrons. The van der Waals surface area contributed by atoms with Gasteiger partial charge in [-0.2, -0.15) is 0 Å².